The van der Waals surface area contributed by atoms with E-state index in [-0.39, 0.29) is 10.6 Å². The van der Waals surface area contributed by atoms with Gasteiger partial charge >= 0.3 is 0 Å². The van der Waals surface area contributed by atoms with Gasteiger partial charge in [-0.1, -0.05) is 42.1 Å². The maximum absolute atomic E-state index is 12.5. The number of aryl methyl sites for hydroxylation is 1. The zero-order valence-corrected chi connectivity index (χ0v) is 17.0. The van der Waals surface area contributed by atoms with Crippen molar-refractivity contribution in [2.24, 2.45) is 7.05 Å². The fourth-order valence-electron chi connectivity index (χ4n) is 2.65. The summed E-state index contributed by atoms with van der Waals surface area (Å²) in [6, 6.07) is 14.5. The van der Waals surface area contributed by atoms with Crippen molar-refractivity contribution in [3.63, 3.8) is 0 Å². The standard InChI is InChI=1S/C19H21N3O3S2/c1-14-7-4-5-10-17(14)18-20-21-19(22(18)2)26-11-12-27(23,24)16-9-6-8-15(13-16)25-3/h4-10,13H,11-12H2,1-3H3. The highest BCUT2D eigenvalue weighted by atomic mass is 32.2. The Kier molecular flexibility index (Phi) is 5.86. The van der Waals surface area contributed by atoms with Crippen LogP contribution in [-0.4, -0.2) is 41.8 Å². The summed E-state index contributed by atoms with van der Waals surface area (Å²) >= 11 is 1.38. The minimum absolute atomic E-state index is 0.0113. The van der Waals surface area contributed by atoms with Gasteiger partial charge in [-0.25, -0.2) is 8.42 Å². The molecule has 0 atom stereocenters. The number of hydrogen-bond acceptors (Lipinski definition) is 6. The topological polar surface area (TPSA) is 74.1 Å². The number of thioether (sulfide) groups is 1. The zero-order valence-electron chi connectivity index (χ0n) is 15.4. The number of hydrogen-bond donors (Lipinski definition) is 0. The Balaban J connectivity index is 1.70. The van der Waals surface area contributed by atoms with Crippen molar-refractivity contribution >= 4 is 21.6 Å². The van der Waals surface area contributed by atoms with Crippen LogP contribution in [0.25, 0.3) is 11.4 Å². The van der Waals surface area contributed by atoms with Crippen LogP contribution in [0.4, 0.5) is 0 Å². The lowest BCUT2D eigenvalue weighted by atomic mass is 10.1. The minimum Gasteiger partial charge on any atom is -0.497 e. The van der Waals surface area contributed by atoms with Crippen LogP contribution in [0.1, 0.15) is 5.56 Å². The van der Waals surface area contributed by atoms with Crippen molar-refractivity contribution in [1.29, 1.82) is 0 Å². The van der Waals surface area contributed by atoms with E-state index in [0.717, 1.165) is 17.0 Å². The molecule has 0 radical (unpaired) electrons. The van der Waals surface area contributed by atoms with E-state index in [9.17, 15) is 8.42 Å². The highest BCUT2D eigenvalue weighted by Gasteiger charge is 2.17. The van der Waals surface area contributed by atoms with Gasteiger partial charge in [0.2, 0.25) is 0 Å². The first kappa shape index (κ1) is 19.4. The van der Waals surface area contributed by atoms with Crippen LogP contribution in [0.2, 0.25) is 0 Å². The third-order valence-electron chi connectivity index (χ3n) is 4.20. The van der Waals surface area contributed by atoms with E-state index >= 15 is 0 Å². The summed E-state index contributed by atoms with van der Waals surface area (Å²) in [5, 5.41) is 9.17. The predicted octanol–water partition coefficient (Wildman–Crippen LogP) is 3.37. The fraction of sp³-hybridized carbons (Fsp3) is 0.263. The van der Waals surface area contributed by atoms with Gasteiger partial charge in [-0.05, 0) is 30.7 Å². The molecule has 0 saturated carbocycles. The van der Waals surface area contributed by atoms with Crippen LogP contribution >= 0.6 is 11.8 Å². The third kappa shape index (κ3) is 4.33. The molecule has 0 spiro atoms. The Labute approximate surface area is 163 Å². The molecule has 3 rings (SSSR count). The molecule has 0 fully saturated rings. The SMILES string of the molecule is COc1cccc(S(=O)(=O)CCSc2nnc(-c3ccccc3C)n2C)c1. The molecular formula is C19H21N3O3S2. The number of methoxy groups -OCH3 is 1. The van der Waals surface area contributed by atoms with E-state index in [2.05, 4.69) is 10.2 Å². The first-order valence-electron chi connectivity index (χ1n) is 8.37. The zero-order chi connectivity index (χ0) is 19.4. The average molecular weight is 404 g/mol. The van der Waals surface area contributed by atoms with Gasteiger partial charge in [-0.3, -0.25) is 0 Å². The molecule has 0 N–H and O–H groups in total. The summed E-state index contributed by atoms with van der Waals surface area (Å²) in [6.45, 7) is 2.03. The second-order valence-electron chi connectivity index (χ2n) is 6.03. The maximum Gasteiger partial charge on any atom is 0.191 e. The molecule has 0 saturated heterocycles. The van der Waals surface area contributed by atoms with Crippen molar-refractivity contribution in [1.82, 2.24) is 14.8 Å². The van der Waals surface area contributed by atoms with Gasteiger partial charge in [0, 0.05) is 18.4 Å². The van der Waals surface area contributed by atoms with Gasteiger partial charge in [0.05, 0.1) is 17.8 Å². The quantitative estimate of drug-likeness (QED) is 0.563. The van der Waals surface area contributed by atoms with E-state index < -0.39 is 9.84 Å². The molecule has 2 aromatic carbocycles. The Bertz CT molecular complexity index is 1050. The second kappa shape index (κ2) is 8.14. The summed E-state index contributed by atoms with van der Waals surface area (Å²) in [4.78, 5) is 0.265. The van der Waals surface area contributed by atoms with E-state index in [1.807, 2.05) is 42.8 Å². The Morgan fingerprint density at radius 2 is 1.89 bits per heavy atom. The van der Waals surface area contributed by atoms with Gasteiger partial charge < -0.3 is 9.30 Å². The van der Waals surface area contributed by atoms with Crippen LogP contribution in [-0.2, 0) is 16.9 Å². The maximum atomic E-state index is 12.5. The fourth-order valence-corrected chi connectivity index (χ4v) is 5.24. The molecule has 0 bridgehead atoms. The smallest absolute Gasteiger partial charge is 0.191 e. The number of benzene rings is 2. The first-order chi connectivity index (χ1) is 12.9. The highest BCUT2D eigenvalue weighted by Crippen LogP contribution is 2.26. The van der Waals surface area contributed by atoms with Crippen LogP contribution in [0, 0.1) is 6.92 Å². The summed E-state index contributed by atoms with van der Waals surface area (Å²) in [7, 11) is 0.0189. The normalized spacial score (nSPS) is 11.5. The number of sulfone groups is 1. The monoisotopic (exact) mass is 403 g/mol. The number of nitrogens with zero attached hydrogens (tertiary/aromatic N) is 3. The Hall–Kier alpha value is -2.32. The Morgan fingerprint density at radius 3 is 2.63 bits per heavy atom. The number of aromatic nitrogens is 3. The van der Waals surface area contributed by atoms with Crippen molar-refractivity contribution < 1.29 is 13.2 Å². The third-order valence-corrected chi connectivity index (χ3v) is 7.20. The number of rotatable bonds is 7. The van der Waals surface area contributed by atoms with E-state index in [1.165, 1.54) is 18.9 Å². The lowest BCUT2D eigenvalue weighted by molar-refractivity contribution is 0.413. The molecule has 3 aromatic rings. The highest BCUT2D eigenvalue weighted by molar-refractivity contribution is 8.00. The van der Waals surface area contributed by atoms with Gasteiger partial charge in [0.1, 0.15) is 5.75 Å². The molecule has 27 heavy (non-hydrogen) atoms. The first-order valence-corrected chi connectivity index (χ1v) is 11.0. The molecule has 1 aromatic heterocycles. The molecule has 8 heteroatoms. The second-order valence-corrected chi connectivity index (χ2v) is 9.20. The van der Waals surface area contributed by atoms with Gasteiger partial charge in [-0.15, -0.1) is 10.2 Å². The lowest BCUT2D eigenvalue weighted by Gasteiger charge is -2.07. The molecule has 6 nitrogen and oxygen atoms in total. The molecule has 0 unspecified atom stereocenters. The number of ether oxygens (including phenoxy) is 1. The van der Waals surface area contributed by atoms with Gasteiger partial charge in [-0.2, -0.15) is 0 Å². The molecule has 0 aliphatic carbocycles. The summed E-state index contributed by atoms with van der Waals surface area (Å²) in [5.74, 6) is 1.70. The van der Waals surface area contributed by atoms with E-state index in [0.29, 0.717) is 16.7 Å². The lowest BCUT2D eigenvalue weighted by Crippen LogP contribution is -2.09. The minimum atomic E-state index is -3.39. The molecule has 142 valence electrons. The predicted molar refractivity (Wildman–Crippen MR) is 107 cm³/mol. The Morgan fingerprint density at radius 1 is 1.11 bits per heavy atom. The van der Waals surface area contributed by atoms with Crippen LogP contribution in [0.5, 0.6) is 5.75 Å². The largest absolute Gasteiger partial charge is 0.497 e. The van der Waals surface area contributed by atoms with Crippen molar-refractivity contribution in [2.45, 2.75) is 17.0 Å². The van der Waals surface area contributed by atoms with Gasteiger partial charge in [0.15, 0.2) is 20.8 Å². The van der Waals surface area contributed by atoms with Crippen molar-refractivity contribution in [2.75, 3.05) is 18.6 Å². The molecule has 0 aliphatic heterocycles. The van der Waals surface area contributed by atoms with Crippen LogP contribution in [0.15, 0.2) is 58.6 Å². The average Bonchev–Trinajstić information content (AvgIpc) is 3.02. The van der Waals surface area contributed by atoms with Crippen LogP contribution in [0.3, 0.4) is 0 Å². The van der Waals surface area contributed by atoms with E-state index in [4.69, 9.17) is 4.74 Å². The molecule has 0 aliphatic rings. The van der Waals surface area contributed by atoms with Gasteiger partial charge in [0.25, 0.3) is 0 Å². The van der Waals surface area contributed by atoms with E-state index in [1.54, 1.807) is 24.3 Å². The van der Waals surface area contributed by atoms with Crippen molar-refractivity contribution in [3.05, 3.63) is 54.1 Å². The summed E-state index contributed by atoms with van der Waals surface area (Å²) in [5.41, 5.74) is 2.13. The molecular weight excluding hydrogens is 382 g/mol. The summed E-state index contributed by atoms with van der Waals surface area (Å²) < 4.78 is 32.1. The van der Waals surface area contributed by atoms with Crippen LogP contribution < -0.4 is 4.74 Å². The molecule has 1 heterocycles. The molecule has 0 amide bonds. The summed E-state index contributed by atoms with van der Waals surface area (Å²) in [6.07, 6.45) is 0. The van der Waals surface area contributed by atoms with Crippen molar-refractivity contribution in [3.8, 4) is 17.1 Å².